The number of hydrogen-bond donors (Lipinski definition) is 1. The third-order valence-electron chi connectivity index (χ3n) is 3.27. The zero-order valence-electron chi connectivity index (χ0n) is 13.1. The van der Waals surface area contributed by atoms with Gasteiger partial charge in [-0.2, -0.15) is 5.26 Å². The van der Waals surface area contributed by atoms with E-state index in [2.05, 4.69) is 5.32 Å². The van der Waals surface area contributed by atoms with E-state index in [-0.39, 0.29) is 12.0 Å². The van der Waals surface area contributed by atoms with Crippen molar-refractivity contribution in [3.05, 3.63) is 65.6 Å². The fourth-order valence-corrected chi connectivity index (χ4v) is 2.09. The van der Waals surface area contributed by atoms with Gasteiger partial charge in [0.25, 0.3) is 5.91 Å². The molecule has 6 nitrogen and oxygen atoms in total. The Morgan fingerprint density at radius 3 is 2.62 bits per heavy atom. The van der Waals surface area contributed by atoms with Crippen LogP contribution in [0.2, 0.25) is 0 Å². The van der Waals surface area contributed by atoms with Crippen LogP contribution in [0.4, 0.5) is 0 Å². The largest absolute Gasteiger partial charge is 0.467 e. The van der Waals surface area contributed by atoms with E-state index in [1.807, 2.05) is 30.3 Å². The van der Waals surface area contributed by atoms with E-state index in [1.165, 1.54) is 19.4 Å². The van der Waals surface area contributed by atoms with Gasteiger partial charge < -0.3 is 14.5 Å². The van der Waals surface area contributed by atoms with E-state index in [9.17, 15) is 9.59 Å². The van der Waals surface area contributed by atoms with E-state index in [4.69, 9.17) is 14.4 Å². The minimum absolute atomic E-state index is 0.160. The molecule has 0 aliphatic rings. The fourth-order valence-electron chi connectivity index (χ4n) is 2.09. The topological polar surface area (TPSA) is 92.3 Å². The molecule has 1 N–H and O–H groups in total. The van der Waals surface area contributed by atoms with Gasteiger partial charge in [-0.25, -0.2) is 4.79 Å². The molecule has 1 heterocycles. The standard InChI is InChI=1S/C18H16N2O4/c1-23-18(22)16(10-13-6-3-2-4-7-13)20-17(21)14(12-19)11-15-8-5-9-24-15/h2-9,11,16H,10H2,1H3,(H,20,21)/b14-11+/t16-/m0/s1. The van der Waals surface area contributed by atoms with Crippen molar-refractivity contribution in [2.75, 3.05) is 7.11 Å². The Labute approximate surface area is 139 Å². The van der Waals surface area contributed by atoms with Crippen LogP contribution in [0.1, 0.15) is 11.3 Å². The molecule has 2 aromatic rings. The molecule has 1 amide bonds. The van der Waals surface area contributed by atoms with Crippen LogP contribution in [0.3, 0.4) is 0 Å². The van der Waals surface area contributed by atoms with Gasteiger partial charge in [0.1, 0.15) is 23.4 Å². The number of nitriles is 1. The molecule has 6 heteroatoms. The van der Waals surface area contributed by atoms with Gasteiger partial charge in [-0.3, -0.25) is 4.79 Å². The number of hydrogen-bond acceptors (Lipinski definition) is 5. The summed E-state index contributed by atoms with van der Waals surface area (Å²) in [5.74, 6) is -0.873. The Morgan fingerprint density at radius 2 is 2.04 bits per heavy atom. The van der Waals surface area contributed by atoms with Gasteiger partial charge in [0.2, 0.25) is 0 Å². The van der Waals surface area contributed by atoms with Crippen LogP contribution < -0.4 is 5.32 Å². The van der Waals surface area contributed by atoms with Crippen LogP contribution in [0, 0.1) is 11.3 Å². The molecule has 1 aromatic carbocycles. The first-order valence-electron chi connectivity index (χ1n) is 7.22. The third-order valence-corrected chi connectivity index (χ3v) is 3.27. The highest BCUT2D eigenvalue weighted by Crippen LogP contribution is 2.09. The summed E-state index contributed by atoms with van der Waals surface area (Å²) in [5.41, 5.74) is 0.702. The molecule has 0 saturated heterocycles. The van der Waals surface area contributed by atoms with Crippen LogP contribution in [0.15, 0.2) is 58.7 Å². The predicted molar refractivity (Wildman–Crippen MR) is 86.4 cm³/mol. The maximum Gasteiger partial charge on any atom is 0.328 e. The second kappa shape index (κ2) is 8.34. The van der Waals surface area contributed by atoms with Gasteiger partial charge in [-0.1, -0.05) is 30.3 Å². The molecule has 2 rings (SSSR count). The van der Waals surface area contributed by atoms with Gasteiger partial charge in [0.15, 0.2) is 0 Å². The van der Waals surface area contributed by atoms with Gasteiger partial charge >= 0.3 is 5.97 Å². The van der Waals surface area contributed by atoms with Gasteiger partial charge in [0, 0.05) is 12.5 Å². The quantitative estimate of drug-likeness (QED) is 0.499. The molecule has 122 valence electrons. The van der Waals surface area contributed by atoms with Gasteiger partial charge in [-0.15, -0.1) is 0 Å². The molecule has 0 radical (unpaired) electrons. The maximum absolute atomic E-state index is 12.3. The highest BCUT2D eigenvalue weighted by molar-refractivity contribution is 6.03. The molecule has 0 unspecified atom stereocenters. The SMILES string of the molecule is COC(=O)[C@H](Cc1ccccc1)NC(=O)/C(C#N)=C/c1ccco1. The molecule has 24 heavy (non-hydrogen) atoms. The first-order valence-corrected chi connectivity index (χ1v) is 7.22. The monoisotopic (exact) mass is 324 g/mol. The number of carbonyl (C=O) groups is 2. The smallest absolute Gasteiger partial charge is 0.328 e. The van der Waals surface area contributed by atoms with Gasteiger partial charge in [0.05, 0.1) is 13.4 Å². The Morgan fingerprint density at radius 1 is 1.29 bits per heavy atom. The number of nitrogens with zero attached hydrogens (tertiary/aromatic N) is 1. The summed E-state index contributed by atoms with van der Waals surface area (Å²) >= 11 is 0. The Hall–Kier alpha value is -3.33. The second-order valence-electron chi connectivity index (χ2n) is 4.92. The third kappa shape index (κ3) is 4.58. The molecule has 0 aliphatic heterocycles. The number of benzene rings is 1. The lowest BCUT2D eigenvalue weighted by Crippen LogP contribution is -2.43. The lowest BCUT2D eigenvalue weighted by atomic mass is 10.1. The highest BCUT2D eigenvalue weighted by atomic mass is 16.5. The number of amides is 1. The first-order chi connectivity index (χ1) is 11.6. The minimum atomic E-state index is -0.891. The Bertz CT molecular complexity index is 758. The van der Waals surface area contributed by atoms with E-state index < -0.39 is 17.9 Å². The van der Waals surface area contributed by atoms with Crippen LogP contribution in [0.25, 0.3) is 6.08 Å². The molecule has 1 aromatic heterocycles. The summed E-state index contributed by atoms with van der Waals surface area (Å²) in [7, 11) is 1.25. The van der Waals surface area contributed by atoms with Crippen LogP contribution in [-0.2, 0) is 20.7 Å². The highest BCUT2D eigenvalue weighted by Gasteiger charge is 2.23. The lowest BCUT2D eigenvalue weighted by molar-refractivity contribution is -0.144. The average Bonchev–Trinajstić information content (AvgIpc) is 3.12. The number of esters is 1. The van der Waals surface area contributed by atoms with Gasteiger partial charge in [-0.05, 0) is 17.7 Å². The summed E-state index contributed by atoms with van der Waals surface area (Å²) in [5, 5.41) is 11.7. The van der Waals surface area contributed by atoms with Crippen molar-refractivity contribution in [3.8, 4) is 6.07 Å². The lowest BCUT2D eigenvalue weighted by Gasteiger charge is -2.16. The molecule has 0 spiro atoms. The summed E-state index contributed by atoms with van der Waals surface area (Å²) in [4.78, 5) is 24.2. The summed E-state index contributed by atoms with van der Waals surface area (Å²) in [6, 6.07) is 13.4. The number of ether oxygens (including phenoxy) is 1. The number of furan rings is 1. The number of carbonyl (C=O) groups excluding carboxylic acids is 2. The van der Waals surface area contributed by atoms with Crippen LogP contribution in [0.5, 0.6) is 0 Å². The Kier molecular flexibility index (Phi) is 5.92. The van der Waals surface area contributed by atoms with Crippen molar-refractivity contribution in [2.45, 2.75) is 12.5 Å². The summed E-state index contributed by atoms with van der Waals surface area (Å²) in [6.45, 7) is 0. The first kappa shape index (κ1) is 17.0. The van der Waals surface area contributed by atoms with Crippen molar-refractivity contribution in [1.82, 2.24) is 5.32 Å². The maximum atomic E-state index is 12.3. The molecule has 0 saturated carbocycles. The summed E-state index contributed by atoms with van der Waals surface area (Å²) < 4.78 is 9.82. The van der Waals surface area contributed by atoms with E-state index in [1.54, 1.807) is 18.2 Å². The van der Waals surface area contributed by atoms with Crippen molar-refractivity contribution in [1.29, 1.82) is 5.26 Å². The predicted octanol–water partition coefficient (Wildman–Crippen LogP) is 2.09. The van der Waals surface area contributed by atoms with Crippen LogP contribution in [-0.4, -0.2) is 25.0 Å². The number of methoxy groups -OCH3 is 1. The minimum Gasteiger partial charge on any atom is -0.467 e. The Balaban J connectivity index is 2.14. The van der Waals surface area contributed by atoms with Crippen LogP contribution >= 0.6 is 0 Å². The second-order valence-corrected chi connectivity index (χ2v) is 4.92. The average molecular weight is 324 g/mol. The molecular weight excluding hydrogens is 308 g/mol. The number of nitrogens with one attached hydrogen (secondary N) is 1. The van der Waals surface area contributed by atoms with E-state index in [0.717, 1.165) is 5.56 Å². The zero-order chi connectivity index (χ0) is 17.4. The zero-order valence-corrected chi connectivity index (χ0v) is 13.1. The van der Waals surface area contributed by atoms with Crippen molar-refractivity contribution >= 4 is 18.0 Å². The van der Waals surface area contributed by atoms with Crippen molar-refractivity contribution in [2.24, 2.45) is 0 Å². The van der Waals surface area contributed by atoms with Crippen molar-refractivity contribution < 1.29 is 18.7 Å². The molecule has 0 fully saturated rings. The summed E-state index contributed by atoms with van der Waals surface area (Å²) in [6.07, 6.45) is 3.01. The fraction of sp³-hybridized carbons (Fsp3) is 0.167. The molecule has 0 bridgehead atoms. The number of rotatable bonds is 6. The molecule has 1 atom stereocenters. The normalized spacial score (nSPS) is 12.1. The van der Waals surface area contributed by atoms with E-state index in [0.29, 0.717) is 5.76 Å². The van der Waals surface area contributed by atoms with E-state index >= 15 is 0 Å². The van der Waals surface area contributed by atoms with Crippen molar-refractivity contribution in [3.63, 3.8) is 0 Å². The molecule has 0 aliphatic carbocycles. The molecular formula is C18H16N2O4.